The molecule has 1 aliphatic rings. The molecule has 1 aliphatic heterocycles. The van der Waals surface area contributed by atoms with Crippen LogP contribution in [-0.2, 0) is 4.79 Å². The SMILES string of the molecule is CCCCCNC(=O)C1CSC(c2ccc(F)cc2)N1C(=O)c1ccc(C)cc1. The van der Waals surface area contributed by atoms with Crippen LogP contribution in [0.25, 0.3) is 0 Å². The first kappa shape index (κ1) is 21.4. The van der Waals surface area contributed by atoms with Gasteiger partial charge < -0.3 is 10.2 Å². The lowest BCUT2D eigenvalue weighted by molar-refractivity contribution is -0.124. The van der Waals surface area contributed by atoms with Gasteiger partial charge in [-0.3, -0.25) is 9.59 Å². The maximum absolute atomic E-state index is 13.4. The first-order valence-electron chi connectivity index (χ1n) is 10.1. The molecule has 2 atom stereocenters. The summed E-state index contributed by atoms with van der Waals surface area (Å²) in [7, 11) is 0. The maximum atomic E-state index is 13.4. The fourth-order valence-electron chi connectivity index (χ4n) is 3.39. The number of unbranched alkanes of at least 4 members (excludes halogenated alkanes) is 2. The van der Waals surface area contributed by atoms with E-state index < -0.39 is 6.04 Å². The van der Waals surface area contributed by atoms with Crippen LogP contribution in [0.1, 0.15) is 53.0 Å². The number of halogens is 1. The van der Waals surface area contributed by atoms with Gasteiger partial charge in [0.05, 0.1) is 0 Å². The van der Waals surface area contributed by atoms with E-state index in [0.29, 0.717) is 17.9 Å². The van der Waals surface area contributed by atoms with E-state index in [4.69, 9.17) is 0 Å². The molecule has 2 amide bonds. The summed E-state index contributed by atoms with van der Waals surface area (Å²) in [6.45, 7) is 4.69. The van der Waals surface area contributed by atoms with Crippen LogP contribution in [-0.4, -0.2) is 35.1 Å². The van der Waals surface area contributed by atoms with Crippen LogP contribution < -0.4 is 5.32 Å². The second-order valence-corrected chi connectivity index (χ2v) is 8.44. The first-order valence-corrected chi connectivity index (χ1v) is 11.1. The highest BCUT2D eigenvalue weighted by molar-refractivity contribution is 7.99. The van der Waals surface area contributed by atoms with Gasteiger partial charge in [-0.05, 0) is 43.2 Å². The Morgan fingerprint density at radius 3 is 2.45 bits per heavy atom. The number of nitrogens with one attached hydrogen (secondary N) is 1. The summed E-state index contributed by atoms with van der Waals surface area (Å²) >= 11 is 1.54. The third-order valence-corrected chi connectivity index (χ3v) is 6.39. The van der Waals surface area contributed by atoms with Gasteiger partial charge >= 0.3 is 0 Å². The summed E-state index contributed by atoms with van der Waals surface area (Å²) < 4.78 is 13.4. The molecule has 0 radical (unpaired) electrons. The molecule has 154 valence electrons. The van der Waals surface area contributed by atoms with Gasteiger partial charge in [0.25, 0.3) is 5.91 Å². The third kappa shape index (κ3) is 5.18. The van der Waals surface area contributed by atoms with Crippen LogP contribution in [0.4, 0.5) is 4.39 Å². The van der Waals surface area contributed by atoms with Crippen LogP contribution in [0.3, 0.4) is 0 Å². The van der Waals surface area contributed by atoms with Gasteiger partial charge in [-0.1, -0.05) is 49.6 Å². The molecule has 2 unspecified atom stereocenters. The van der Waals surface area contributed by atoms with E-state index in [2.05, 4.69) is 12.2 Å². The largest absolute Gasteiger partial charge is 0.354 e. The van der Waals surface area contributed by atoms with E-state index in [9.17, 15) is 14.0 Å². The lowest BCUT2D eigenvalue weighted by atomic mass is 10.1. The highest BCUT2D eigenvalue weighted by Crippen LogP contribution is 2.42. The summed E-state index contributed by atoms with van der Waals surface area (Å²) in [6.07, 6.45) is 3.07. The molecule has 1 saturated heterocycles. The van der Waals surface area contributed by atoms with E-state index in [1.807, 2.05) is 19.1 Å². The molecule has 6 heteroatoms. The van der Waals surface area contributed by atoms with Crippen molar-refractivity contribution >= 4 is 23.6 Å². The van der Waals surface area contributed by atoms with Gasteiger partial charge in [0.1, 0.15) is 17.2 Å². The number of hydrogen-bond acceptors (Lipinski definition) is 3. The monoisotopic (exact) mass is 414 g/mol. The molecule has 0 spiro atoms. The molecule has 1 N–H and O–H groups in total. The number of hydrogen-bond donors (Lipinski definition) is 1. The molecule has 29 heavy (non-hydrogen) atoms. The number of benzene rings is 2. The van der Waals surface area contributed by atoms with Crippen molar-refractivity contribution in [2.75, 3.05) is 12.3 Å². The third-order valence-electron chi connectivity index (χ3n) is 5.07. The average molecular weight is 415 g/mol. The Morgan fingerprint density at radius 1 is 1.10 bits per heavy atom. The van der Waals surface area contributed by atoms with Crippen molar-refractivity contribution in [2.24, 2.45) is 0 Å². The standard InChI is InChI=1S/C23H27FN2O2S/c1-3-4-5-14-25-21(27)20-15-29-23(18-10-12-19(24)13-11-18)26(20)22(28)17-8-6-16(2)7-9-17/h6-13,20,23H,3-5,14-15H2,1-2H3,(H,25,27). The van der Waals surface area contributed by atoms with Crippen molar-refractivity contribution in [3.8, 4) is 0 Å². The van der Waals surface area contributed by atoms with Crippen molar-refractivity contribution in [1.82, 2.24) is 10.2 Å². The van der Waals surface area contributed by atoms with E-state index in [1.54, 1.807) is 29.2 Å². The van der Waals surface area contributed by atoms with E-state index in [0.717, 1.165) is 30.4 Å². The molecule has 1 fully saturated rings. The Hall–Kier alpha value is -2.34. The zero-order valence-electron chi connectivity index (χ0n) is 16.9. The average Bonchev–Trinajstić information content (AvgIpc) is 3.17. The number of aryl methyl sites for hydroxylation is 1. The molecular formula is C23H27FN2O2S. The predicted molar refractivity (Wildman–Crippen MR) is 115 cm³/mol. The molecular weight excluding hydrogens is 387 g/mol. The number of rotatable bonds is 7. The van der Waals surface area contributed by atoms with Gasteiger partial charge in [-0.25, -0.2) is 4.39 Å². The maximum Gasteiger partial charge on any atom is 0.255 e. The Kier molecular flexibility index (Phi) is 7.31. The lowest BCUT2D eigenvalue weighted by Gasteiger charge is -2.29. The number of thioether (sulfide) groups is 1. The van der Waals surface area contributed by atoms with Crippen molar-refractivity contribution in [2.45, 2.75) is 44.5 Å². The lowest BCUT2D eigenvalue weighted by Crippen LogP contribution is -2.48. The van der Waals surface area contributed by atoms with Crippen LogP contribution >= 0.6 is 11.8 Å². The quantitative estimate of drug-likeness (QED) is 0.669. The fourth-order valence-corrected chi connectivity index (χ4v) is 4.82. The minimum Gasteiger partial charge on any atom is -0.354 e. The molecule has 0 aromatic heterocycles. The molecule has 1 heterocycles. The summed E-state index contributed by atoms with van der Waals surface area (Å²) in [5.41, 5.74) is 2.43. The zero-order valence-corrected chi connectivity index (χ0v) is 17.7. The van der Waals surface area contributed by atoms with Gasteiger partial charge in [-0.15, -0.1) is 11.8 Å². The van der Waals surface area contributed by atoms with Gasteiger partial charge in [-0.2, -0.15) is 0 Å². The minimum atomic E-state index is -0.550. The fraction of sp³-hybridized carbons (Fsp3) is 0.391. The summed E-state index contributed by atoms with van der Waals surface area (Å²) in [4.78, 5) is 27.9. The smallest absolute Gasteiger partial charge is 0.255 e. The molecule has 0 bridgehead atoms. The molecule has 4 nitrogen and oxygen atoms in total. The van der Waals surface area contributed by atoms with E-state index in [-0.39, 0.29) is 23.0 Å². The molecule has 0 saturated carbocycles. The van der Waals surface area contributed by atoms with E-state index in [1.165, 1.54) is 23.9 Å². The van der Waals surface area contributed by atoms with Gasteiger partial charge in [0, 0.05) is 17.9 Å². The topological polar surface area (TPSA) is 49.4 Å². The Labute approximate surface area is 175 Å². The summed E-state index contributed by atoms with van der Waals surface area (Å²) in [5.74, 6) is -0.116. The number of carbonyl (C=O) groups excluding carboxylic acids is 2. The summed E-state index contributed by atoms with van der Waals surface area (Å²) in [6, 6.07) is 13.0. The second kappa shape index (κ2) is 9.92. The van der Waals surface area contributed by atoms with Crippen LogP contribution in [0.5, 0.6) is 0 Å². The van der Waals surface area contributed by atoms with Crippen LogP contribution in [0.2, 0.25) is 0 Å². The Bertz CT molecular complexity index is 839. The van der Waals surface area contributed by atoms with Crippen molar-refractivity contribution in [1.29, 1.82) is 0 Å². The highest BCUT2D eigenvalue weighted by atomic mass is 32.2. The van der Waals surface area contributed by atoms with Crippen LogP contribution in [0.15, 0.2) is 48.5 Å². The van der Waals surface area contributed by atoms with Gasteiger partial charge in [0.2, 0.25) is 5.91 Å². The first-order chi connectivity index (χ1) is 14.0. The van der Waals surface area contributed by atoms with E-state index >= 15 is 0 Å². The second-order valence-electron chi connectivity index (χ2n) is 7.33. The molecule has 0 aliphatic carbocycles. The number of nitrogens with zero attached hydrogens (tertiary/aromatic N) is 1. The highest BCUT2D eigenvalue weighted by Gasteiger charge is 2.42. The van der Waals surface area contributed by atoms with Crippen molar-refractivity contribution < 1.29 is 14.0 Å². The van der Waals surface area contributed by atoms with Crippen molar-refractivity contribution in [3.05, 3.63) is 71.0 Å². The molecule has 2 aromatic carbocycles. The minimum absolute atomic E-state index is 0.126. The zero-order chi connectivity index (χ0) is 20.8. The predicted octanol–water partition coefficient (Wildman–Crippen LogP) is 4.70. The summed E-state index contributed by atoms with van der Waals surface area (Å²) in [5, 5.41) is 2.66. The molecule has 2 aromatic rings. The number of carbonyl (C=O) groups is 2. The number of amides is 2. The van der Waals surface area contributed by atoms with Crippen molar-refractivity contribution in [3.63, 3.8) is 0 Å². The van der Waals surface area contributed by atoms with Gasteiger partial charge in [0.15, 0.2) is 0 Å². The molecule has 3 rings (SSSR count). The Balaban J connectivity index is 1.85. The van der Waals surface area contributed by atoms with Crippen LogP contribution in [0, 0.1) is 12.7 Å². The Morgan fingerprint density at radius 2 is 1.79 bits per heavy atom. The normalized spacial score (nSPS) is 18.7.